The summed E-state index contributed by atoms with van der Waals surface area (Å²) in [5.74, 6) is -1.75. The lowest BCUT2D eigenvalue weighted by atomic mass is 9.58. The molecule has 1 aliphatic heterocycles. The Morgan fingerprint density at radius 1 is 1.27 bits per heavy atom. The molecule has 1 aliphatic carbocycles. The van der Waals surface area contributed by atoms with Gasteiger partial charge in [0, 0.05) is 24.9 Å². The number of sulfone groups is 1. The summed E-state index contributed by atoms with van der Waals surface area (Å²) in [5, 5.41) is 0. The van der Waals surface area contributed by atoms with Gasteiger partial charge < -0.3 is 4.90 Å². The van der Waals surface area contributed by atoms with E-state index in [4.69, 9.17) is 0 Å². The first-order valence-corrected chi connectivity index (χ1v) is 10.5. The van der Waals surface area contributed by atoms with Crippen molar-refractivity contribution in [1.29, 1.82) is 0 Å². The third-order valence-corrected chi connectivity index (χ3v) is 6.94. The van der Waals surface area contributed by atoms with E-state index >= 15 is 0 Å². The Hall–Kier alpha value is -1.57. The molecule has 144 valence electrons. The number of piperidine rings is 1. The summed E-state index contributed by atoms with van der Waals surface area (Å²) in [4.78, 5) is 14.4. The number of aryl methyl sites for hydroxylation is 1. The van der Waals surface area contributed by atoms with Crippen LogP contribution in [0.3, 0.4) is 0 Å². The third-order valence-electron chi connectivity index (χ3n) is 5.83. The van der Waals surface area contributed by atoms with Crippen molar-refractivity contribution in [3.63, 3.8) is 0 Å². The van der Waals surface area contributed by atoms with Gasteiger partial charge in [-0.1, -0.05) is 12.5 Å². The van der Waals surface area contributed by atoms with Gasteiger partial charge in [0.2, 0.25) is 0 Å². The van der Waals surface area contributed by atoms with Crippen LogP contribution in [0.5, 0.6) is 0 Å². The van der Waals surface area contributed by atoms with Crippen LogP contribution in [0.15, 0.2) is 23.1 Å². The first kappa shape index (κ1) is 19.2. The fourth-order valence-electron chi connectivity index (χ4n) is 4.21. The molecule has 1 saturated heterocycles. The Balaban J connectivity index is 1.88. The van der Waals surface area contributed by atoms with Crippen LogP contribution in [-0.2, 0) is 9.84 Å². The van der Waals surface area contributed by atoms with Crippen molar-refractivity contribution in [3.8, 4) is 0 Å². The lowest BCUT2D eigenvalue weighted by Gasteiger charge is -2.54. The number of likely N-dealkylation sites (tertiary alicyclic amines) is 1. The molecule has 1 atom stereocenters. The fourth-order valence-corrected chi connectivity index (χ4v) is 4.86. The number of nitrogens with zero attached hydrogens (tertiary/aromatic N) is 1. The number of amides is 1. The van der Waals surface area contributed by atoms with Crippen molar-refractivity contribution < 1.29 is 26.4 Å². The molecule has 0 aromatic heterocycles. The maximum absolute atomic E-state index is 13.4. The maximum atomic E-state index is 13.4. The smallest absolute Gasteiger partial charge is 0.338 e. The largest absolute Gasteiger partial charge is 0.392 e. The lowest BCUT2D eigenvalue weighted by molar-refractivity contribution is -0.235. The average molecular weight is 389 g/mol. The molecule has 2 aliphatic rings. The monoisotopic (exact) mass is 389 g/mol. The predicted octanol–water partition coefficient (Wildman–Crippen LogP) is 3.59. The lowest BCUT2D eigenvalue weighted by Crippen LogP contribution is -2.57. The van der Waals surface area contributed by atoms with Gasteiger partial charge in [-0.15, -0.1) is 0 Å². The number of halogens is 3. The minimum absolute atomic E-state index is 0.0350. The summed E-state index contributed by atoms with van der Waals surface area (Å²) in [7, 11) is -3.47. The zero-order chi connectivity index (χ0) is 19.3. The molecule has 1 spiro atoms. The van der Waals surface area contributed by atoms with Crippen molar-refractivity contribution in [2.45, 2.75) is 43.7 Å². The van der Waals surface area contributed by atoms with Crippen LogP contribution in [0.1, 0.15) is 41.6 Å². The van der Waals surface area contributed by atoms with Gasteiger partial charge in [0.25, 0.3) is 5.91 Å². The highest BCUT2D eigenvalue weighted by molar-refractivity contribution is 7.90. The van der Waals surface area contributed by atoms with Crippen molar-refractivity contribution in [3.05, 3.63) is 29.3 Å². The zero-order valence-corrected chi connectivity index (χ0v) is 15.6. The Labute approximate surface area is 151 Å². The molecule has 4 nitrogen and oxygen atoms in total. The quantitative estimate of drug-likeness (QED) is 0.777. The van der Waals surface area contributed by atoms with Crippen molar-refractivity contribution in [1.82, 2.24) is 4.90 Å². The average Bonchev–Trinajstić information content (AvgIpc) is 2.50. The van der Waals surface area contributed by atoms with Crippen LogP contribution in [-0.4, -0.2) is 44.7 Å². The highest BCUT2D eigenvalue weighted by atomic mass is 32.2. The van der Waals surface area contributed by atoms with E-state index in [9.17, 15) is 26.4 Å². The summed E-state index contributed by atoms with van der Waals surface area (Å²) in [6.07, 6.45) is -1.59. The van der Waals surface area contributed by atoms with Crippen LogP contribution in [0.2, 0.25) is 0 Å². The molecule has 3 rings (SSSR count). The third kappa shape index (κ3) is 3.35. The molecule has 1 amide bonds. The molecular weight excluding hydrogens is 367 g/mol. The number of benzene rings is 1. The summed E-state index contributed by atoms with van der Waals surface area (Å²) >= 11 is 0. The van der Waals surface area contributed by atoms with Crippen LogP contribution in [0.4, 0.5) is 13.2 Å². The van der Waals surface area contributed by atoms with Crippen molar-refractivity contribution in [2.75, 3.05) is 19.3 Å². The van der Waals surface area contributed by atoms with E-state index < -0.39 is 27.3 Å². The Morgan fingerprint density at radius 3 is 2.42 bits per heavy atom. The molecule has 0 N–H and O–H groups in total. The molecule has 1 aromatic rings. The van der Waals surface area contributed by atoms with E-state index in [-0.39, 0.29) is 35.9 Å². The van der Waals surface area contributed by atoms with Gasteiger partial charge in [-0.3, -0.25) is 4.79 Å². The van der Waals surface area contributed by atoms with Gasteiger partial charge in [-0.25, -0.2) is 8.42 Å². The number of hydrogen-bond acceptors (Lipinski definition) is 3. The second kappa shape index (κ2) is 6.25. The topological polar surface area (TPSA) is 54.5 Å². The highest BCUT2D eigenvalue weighted by Crippen LogP contribution is 2.56. The van der Waals surface area contributed by atoms with Gasteiger partial charge in [-0.2, -0.15) is 13.2 Å². The van der Waals surface area contributed by atoms with Crippen LogP contribution < -0.4 is 0 Å². The number of rotatable bonds is 2. The predicted molar refractivity (Wildman–Crippen MR) is 90.6 cm³/mol. The second-order valence-corrected chi connectivity index (χ2v) is 9.59. The van der Waals surface area contributed by atoms with Crippen LogP contribution in [0.25, 0.3) is 0 Å². The molecular formula is C18H22F3NO3S. The molecule has 8 heteroatoms. The van der Waals surface area contributed by atoms with E-state index in [1.807, 2.05) is 0 Å². The van der Waals surface area contributed by atoms with Gasteiger partial charge in [-0.05, 0) is 49.3 Å². The number of carbonyl (C=O) groups is 1. The normalized spacial score (nSPS) is 23.0. The van der Waals surface area contributed by atoms with Gasteiger partial charge in [0.05, 0.1) is 10.8 Å². The molecule has 1 aromatic carbocycles. The highest BCUT2D eigenvalue weighted by Gasteiger charge is 2.58. The van der Waals surface area contributed by atoms with Crippen molar-refractivity contribution in [2.24, 2.45) is 11.3 Å². The number of carbonyl (C=O) groups excluding carboxylic acids is 1. The van der Waals surface area contributed by atoms with Gasteiger partial charge >= 0.3 is 6.18 Å². The Morgan fingerprint density at radius 2 is 1.92 bits per heavy atom. The van der Waals surface area contributed by atoms with Crippen LogP contribution >= 0.6 is 0 Å². The first-order valence-electron chi connectivity index (χ1n) is 8.61. The summed E-state index contributed by atoms with van der Waals surface area (Å²) in [6, 6.07) is 4.33. The van der Waals surface area contributed by atoms with Gasteiger partial charge in [0.1, 0.15) is 0 Å². The molecule has 2 fully saturated rings. The Bertz CT molecular complexity index is 829. The summed E-state index contributed by atoms with van der Waals surface area (Å²) < 4.78 is 63.7. The van der Waals surface area contributed by atoms with E-state index in [0.29, 0.717) is 18.4 Å². The molecule has 1 heterocycles. The van der Waals surface area contributed by atoms with E-state index in [0.717, 1.165) is 12.7 Å². The first-order chi connectivity index (χ1) is 11.9. The SMILES string of the molecule is Cc1ccc(S(C)(=O)=O)cc1C(=O)N1CCC(C(F)(F)F)C2(CCC2)C1. The maximum Gasteiger partial charge on any atom is 0.392 e. The molecule has 1 saturated carbocycles. The second-order valence-electron chi connectivity index (χ2n) is 7.57. The number of hydrogen-bond donors (Lipinski definition) is 0. The van der Waals surface area contributed by atoms with E-state index in [1.165, 1.54) is 17.0 Å². The molecule has 1 unspecified atom stereocenters. The van der Waals surface area contributed by atoms with Crippen LogP contribution in [0, 0.1) is 18.3 Å². The Kier molecular flexibility index (Phi) is 4.61. The van der Waals surface area contributed by atoms with Gasteiger partial charge in [0.15, 0.2) is 9.84 Å². The molecule has 0 bridgehead atoms. The number of alkyl halides is 3. The van der Waals surface area contributed by atoms with E-state index in [2.05, 4.69) is 0 Å². The van der Waals surface area contributed by atoms with Crippen molar-refractivity contribution >= 4 is 15.7 Å². The minimum Gasteiger partial charge on any atom is -0.338 e. The minimum atomic E-state index is -4.25. The summed E-state index contributed by atoms with van der Waals surface area (Å²) in [6.45, 7) is 1.81. The molecule has 0 radical (unpaired) electrons. The fraction of sp³-hybridized carbons (Fsp3) is 0.611. The van der Waals surface area contributed by atoms with E-state index in [1.54, 1.807) is 13.0 Å². The standard InChI is InChI=1S/C18H22F3NO3S/c1-12-4-5-13(26(2,24)25)10-14(12)16(23)22-9-6-15(18(19,20)21)17(11-22)7-3-8-17/h4-5,10,15H,3,6-9,11H2,1-2H3. The zero-order valence-electron chi connectivity index (χ0n) is 14.8. The molecule has 26 heavy (non-hydrogen) atoms. The summed E-state index contributed by atoms with van der Waals surface area (Å²) in [5.41, 5.74) is -0.0232.